The molecule has 0 aromatic heterocycles. The summed E-state index contributed by atoms with van der Waals surface area (Å²) < 4.78 is 28.7. The monoisotopic (exact) mass is 436 g/mol. The van der Waals surface area contributed by atoms with Gasteiger partial charge in [0.05, 0.1) is 10.6 Å². The van der Waals surface area contributed by atoms with Gasteiger partial charge in [-0.1, -0.05) is 48.5 Å². The molecule has 5 nitrogen and oxygen atoms in total. The first-order valence-corrected chi connectivity index (χ1v) is 11.8. The van der Waals surface area contributed by atoms with Gasteiger partial charge in [0.2, 0.25) is 0 Å². The zero-order chi connectivity index (χ0) is 22.4. The van der Waals surface area contributed by atoms with Gasteiger partial charge in [0.15, 0.2) is 0 Å². The fourth-order valence-electron chi connectivity index (χ4n) is 3.32. The predicted octanol–water partition coefficient (Wildman–Crippen LogP) is 4.78. The van der Waals surface area contributed by atoms with Crippen LogP contribution in [-0.2, 0) is 16.4 Å². The van der Waals surface area contributed by atoms with Gasteiger partial charge >= 0.3 is 0 Å². The Hall–Kier alpha value is -3.12. The van der Waals surface area contributed by atoms with E-state index in [9.17, 15) is 13.2 Å². The van der Waals surface area contributed by atoms with Crippen LogP contribution >= 0.6 is 0 Å². The second-order valence-corrected chi connectivity index (χ2v) is 9.40. The molecule has 0 spiro atoms. The van der Waals surface area contributed by atoms with E-state index in [0.29, 0.717) is 23.4 Å². The second-order valence-electron chi connectivity index (χ2n) is 7.75. The first kappa shape index (κ1) is 22.6. The van der Waals surface area contributed by atoms with Crippen molar-refractivity contribution in [3.63, 3.8) is 0 Å². The minimum absolute atomic E-state index is 0.102. The number of hydrogen-bond donors (Lipinski definition) is 2. The molecule has 3 rings (SSSR count). The molecule has 0 radical (unpaired) electrons. The minimum atomic E-state index is -3.83. The molecule has 31 heavy (non-hydrogen) atoms. The van der Waals surface area contributed by atoms with E-state index in [4.69, 9.17) is 0 Å². The lowest BCUT2D eigenvalue weighted by atomic mass is 10.1. The molecule has 0 aliphatic carbocycles. The zero-order valence-corrected chi connectivity index (χ0v) is 18.9. The van der Waals surface area contributed by atoms with Crippen LogP contribution in [0.1, 0.15) is 39.0 Å². The molecule has 1 amide bonds. The number of nitrogens with one attached hydrogen (secondary N) is 2. The standard InChI is InChI=1S/C25H28N2O3S/c1-18-11-12-19(2)23(16-18)27-31(29,30)24-17-22(14-13-20(24)3)25(28)26-15-7-10-21-8-5-4-6-9-21/h4-6,8-9,11-14,16-17,27H,7,10,15H2,1-3H3,(H,26,28). The maximum absolute atomic E-state index is 13.0. The minimum Gasteiger partial charge on any atom is -0.352 e. The first-order valence-electron chi connectivity index (χ1n) is 10.3. The van der Waals surface area contributed by atoms with Crippen LogP contribution < -0.4 is 10.0 Å². The lowest BCUT2D eigenvalue weighted by Gasteiger charge is -2.14. The number of sulfonamides is 1. The Morgan fingerprint density at radius 1 is 0.871 bits per heavy atom. The van der Waals surface area contributed by atoms with Crippen molar-refractivity contribution >= 4 is 21.6 Å². The van der Waals surface area contributed by atoms with Gasteiger partial charge in [0, 0.05) is 12.1 Å². The molecule has 0 atom stereocenters. The largest absolute Gasteiger partial charge is 0.352 e. The SMILES string of the molecule is Cc1ccc(C)c(NS(=O)(=O)c2cc(C(=O)NCCCc3ccccc3)ccc2C)c1. The van der Waals surface area contributed by atoms with E-state index < -0.39 is 10.0 Å². The van der Waals surface area contributed by atoms with Gasteiger partial charge in [-0.15, -0.1) is 0 Å². The Labute approximate surface area is 184 Å². The van der Waals surface area contributed by atoms with Gasteiger partial charge in [0.1, 0.15) is 0 Å². The highest BCUT2D eigenvalue weighted by Gasteiger charge is 2.20. The van der Waals surface area contributed by atoms with Crippen molar-refractivity contribution in [3.05, 3.63) is 94.5 Å². The van der Waals surface area contributed by atoms with Crippen molar-refractivity contribution in [1.29, 1.82) is 0 Å². The van der Waals surface area contributed by atoms with Crippen LogP contribution in [0.4, 0.5) is 5.69 Å². The highest BCUT2D eigenvalue weighted by molar-refractivity contribution is 7.92. The first-order chi connectivity index (χ1) is 14.8. The summed E-state index contributed by atoms with van der Waals surface area (Å²) in [6, 6.07) is 20.4. The third-order valence-electron chi connectivity index (χ3n) is 5.15. The number of rotatable bonds is 8. The van der Waals surface area contributed by atoms with Crippen LogP contribution in [0, 0.1) is 20.8 Å². The summed E-state index contributed by atoms with van der Waals surface area (Å²) in [4.78, 5) is 12.7. The topological polar surface area (TPSA) is 75.3 Å². The lowest BCUT2D eigenvalue weighted by Crippen LogP contribution is -2.25. The summed E-state index contributed by atoms with van der Waals surface area (Å²) >= 11 is 0. The number of carbonyl (C=O) groups is 1. The number of amides is 1. The molecule has 6 heteroatoms. The Morgan fingerprint density at radius 2 is 1.58 bits per heavy atom. The highest BCUT2D eigenvalue weighted by Crippen LogP contribution is 2.24. The van der Waals surface area contributed by atoms with Crippen molar-refractivity contribution in [1.82, 2.24) is 5.32 Å². The van der Waals surface area contributed by atoms with Crippen LogP contribution in [0.5, 0.6) is 0 Å². The van der Waals surface area contributed by atoms with E-state index in [2.05, 4.69) is 22.2 Å². The van der Waals surface area contributed by atoms with E-state index in [1.807, 2.05) is 44.2 Å². The van der Waals surface area contributed by atoms with Gasteiger partial charge < -0.3 is 5.32 Å². The van der Waals surface area contributed by atoms with Crippen LogP contribution in [0.15, 0.2) is 71.6 Å². The molecule has 0 aliphatic heterocycles. The van der Waals surface area contributed by atoms with Crippen molar-refractivity contribution in [2.24, 2.45) is 0 Å². The van der Waals surface area contributed by atoms with Crippen molar-refractivity contribution in [2.45, 2.75) is 38.5 Å². The third-order valence-corrected chi connectivity index (χ3v) is 6.66. The smallest absolute Gasteiger partial charge is 0.262 e. The average Bonchev–Trinajstić information content (AvgIpc) is 2.74. The Balaban J connectivity index is 1.70. The molecule has 0 aliphatic rings. The van der Waals surface area contributed by atoms with Gasteiger partial charge in [-0.2, -0.15) is 0 Å². The summed E-state index contributed by atoms with van der Waals surface area (Å²) in [6.45, 7) is 6.00. The summed E-state index contributed by atoms with van der Waals surface area (Å²) in [5.41, 5.74) is 4.46. The maximum atomic E-state index is 13.0. The van der Waals surface area contributed by atoms with Crippen molar-refractivity contribution < 1.29 is 13.2 Å². The lowest BCUT2D eigenvalue weighted by molar-refractivity contribution is 0.0953. The molecule has 0 fully saturated rings. The van der Waals surface area contributed by atoms with E-state index in [1.165, 1.54) is 11.6 Å². The number of carbonyl (C=O) groups excluding carboxylic acids is 1. The quantitative estimate of drug-likeness (QED) is 0.499. The normalized spacial score (nSPS) is 11.2. The fourth-order valence-corrected chi connectivity index (χ4v) is 4.71. The molecule has 0 saturated carbocycles. The maximum Gasteiger partial charge on any atom is 0.262 e. The summed E-state index contributed by atoms with van der Waals surface area (Å²) in [5.74, 6) is -0.281. The van der Waals surface area contributed by atoms with Crippen LogP contribution in [0.2, 0.25) is 0 Å². The molecule has 3 aromatic carbocycles. The molecule has 162 valence electrons. The summed E-state index contributed by atoms with van der Waals surface area (Å²) in [6.07, 6.45) is 1.68. The second kappa shape index (κ2) is 9.79. The zero-order valence-electron chi connectivity index (χ0n) is 18.1. The molecular weight excluding hydrogens is 408 g/mol. The van der Waals surface area contributed by atoms with E-state index in [1.54, 1.807) is 25.1 Å². The molecule has 0 unspecified atom stereocenters. The highest BCUT2D eigenvalue weighted by atomic mass is 32.2. The molecular formula is C25H28N2O3S. The van der Waals surface area contributed by atoms with Crippen molar-refractivity contribution in [3.8, 4) is 0 Å². The van der Waals surface area contributed by atoms with E-state index >= 15 is 0 Å². The van der Waals surface area contributed by atoms with Gasteiger partial charge in [-0.3, -0.25) is 9.52 Å². The van der Waals surface area contributed by atoms with Gasteiger partial charge in [-0.25, -0.2) is 8.42 Å². The van der Waals surface area contributed by atoms with Crippen LogP contribution in [0.25, 0.3) is 0 Å². The Bertz CT molecular complexity index is 1170. The summed E-state index contributed by atoms with van der Waals surface area (Å²) in [7, 11) is -3.83. The Kier molecular flexibility index (Phi) is 7.13. The number of aryl methyl sites for hydroxylation is 4. The third kappa shape index (κ3) is 5.95. The number of anilines is 1. The molecule has 3 aromatic rings. The van der Waals surface area contributed by atoms with Crippen LogP contribution in [0.3, 0.4) is 0 Å². The molecule has 0 bridgehead atoms. The van der Waals surface area contributed by atoms with Crippen LogP contribution in [-0.4, -0.2) is 20.9 Å². The molecule has 2 N–H and O–H groups in total. The Morgan fingerprint density at radius 3 is 2.32 bits per heavy atom. The average molecular weight is 437 g/mol. The fraction of sp³-hybridized carbons (Fsp3) is 0.240. The van der Waals surface area contributed by atoms with E-state index in [-0.39, 0.29) is 10.8 Å². The summed E-state index contributed by atoms with van der Waals surface area (Å²) in [5, 5.41) is 2.88. The molecule has 0 heterocycles. The van der Waals surface area contributed by atoms with Gasteiger partial charge in [0.25, 0.3) is 15.9 Å². The molecule has 0 saturated heterocycles. The predicted molar refractivity (Wildman–Crippen MR) is 125 cm³/mol. The number of benzene rings is 3. The van der Waals surface area contributed by atoms with E-state index in [0.717, 1.165) is 24.0 Å². The van der Waals surface area contributed by atoms with Crippen molar-refractivity contribution in [2.75, 3.05) is 11.3 Å². The van der Waals surface area contributed by atoms with Gasteiger partial charge in [-0.05, 0) is 74.1 Å². The number of hydrogen-bond acceptors (Lipinski definition) is 3.